The van der Waals surface area contributed by atoms with Gasteiger partial charge >= 0.3 is 5.97 Å². The van der Waals surface area contributed by atoms with Crippen molar-refractivity contribution in [3.63, 3.8) is 0 Å². The standard InChI is InChI=1S/C9H13N3O3/c1-10-5-8(13)7-4-6(9(14)15-3)11-12(7)2/h4,10H,5H2,1-3H3. The van der Waals surface area contributed by atoms with Crippen LogP contribution < -0.4 is 5.32 Å². The van der Waals surface area contributed by atoms with Gasteiger partial charge in [-0.25, -0.2) is 4.79 Å². The van der Waals surface area contributed by atoms with E-state index >= 15 is 0 Å². The highest BCUT2D eigenvalue weighted by Crippen LogP contribution is 2.04. The number of nitrogens with zero attached hydrogens (tertiary/aromatic N) is 2. The zero-order valence-electron chi connectivity index (χ0n) is 8.90. The Balaban J connectivity index is 2.96. The van der Waals surface area contributed by atoms with Gasteiger partial charge in [-0.1, -0.05) is 0 Å². The van der Waals surface area contributed by atoms with Crippen LogP contribution in [0, 0.1) is 0 Å². The number of ketones is 1. The molecule has 1 rings (SSSR count). The van der Waals surface area contributed by atoms with Gasteiger partial charge in [0.15, 0.2) is 11.5 Å². The maximum Gasteiger partial charge on any atom is 0.358 e. The van der Waals surface area contributed by atoms with E-state index in [0.717, 1.165) is 0 Å². The second-order valence-electron chi connectivity index (χ2n) is 2.98. The zero-order chi connectivity index (χ0) is 11.4. The monoisotopic (exact) mass is 211 g/mol. The minimum atomic E-state index is -0.547. The number of Topliss-reactive ketones (excluding diaryl/α,β-unsaturated/α-hetero) is 1. The minimum absolute atomic E-state index is 0.123. The Labute approximate surface area is 87.2 Å². The molecule has 1 heterocycles. The molecule has 6 heteroatoms. The fourth-order valence-corrected chi connectivity index (χ4v) is 1.18. The molecule has 1 N–H and O–H groups in total. The first-order valence-corrected chi connectivity index (χ1v) is 4.40. The van der Waals surface area contributed by atoms with Crippen LogP contribution >= 0.6 is 0 Å². The van der Waals surface area contributed by atoms with E-state index in [4.69, 9.17) is 0 Å². The van der Waals surface area contributed by atoms with Gasteiger partial charge in [-0.2, -0.15) is 5.10 Å². The van der Waals surface area contributed by atoms with Crippen LogP contribution in [-0.4, -0.2) is 42.2 Å². The molecule has 0 aliphatic carbocycles. The Morgan fingerprint density at radius 2 is 2.27 bits per heavy atom. The van der Waals surface area contributed by atoms with Crippen LogP contribution in [0.1, 0.15) is 21.0 Å². The SMILES string of the molecule is CNCC(=O)c1cc(C(=O)OC)nn1C. The van der Waals surface area contributed by atoms with Gasteiger partial charge in [0.25, 0.3) is 0 Å². The van der Waals surface area contributed by atoms with Crippen molar-refractivity contribution in [2.24, 2.45) is 7.05 Å². The largest absolute Gasteiger partial charge is 0.464 e. The van der Waals surface area contributed by atoms with Gasteiger partial charge < -0.3 is 10.1 Å². The predicted molar refractivity (Wildman–Crippen MR) is 52.8 cm³/mol. The molecule has 0 radical (unpaired) electrons. The Morgan fingerprint density at radius 1 is 1.60 bits per heavy atom. The Kier molecular flexibility index (Phi) is 3.56. The van der Waals surface area contributed by atoms with Crippen LogP contribution in [0.25, 0.3) is 0 Å². The van der Waals surface area contributed by atoms with Gasteiger partial charge in [-0.15, -0.1) is 0 Å². The summed E-state index contributed by atoms with van der Waals surface area (Å²) in [5.74, 6) is -0.670. The van der Waals surface area contributed by atoms with Crippen molar-refractivity contribution < 1.29 is 14.3 Å². The normalized spacial score (nSPS) is 10.1. The molecule has 0 atom stereocenters. The third-order valence-corrected chi connectivity index (χ3v) is 1.90. The van der Waals surface area contributed by atoms with E-state index < -0.39 is 5.97 Å². The van der Waals surface area contributed by atoms with Crippen molar-refractivity contribution in [2.75, 3.05) is 20.7 Å². The molecule has 0 saturated carbocycles. The molecule has 0 amide bonds. The van der Waals surface area contributed by atoms with Crippen LogP contribution in [0.3, 0.4) is 0 Å². The first kappa shape index (κ1) is 11.4. The average molecular weight is 211 g/mol. The van der Waals surface area contributed by atoms with Crippen molar-refractivity contribution >= 4 is 11.8 Å². The van der Waals surface area contributed by atoms with Crippen molar-refractivity contribution in [2.45, 2.75) is 0 Å². The molecular weight excluding hydrogens is 198 g/mol. The first-order valence-electron chi connectivity index (χ1n) is 4.40. The van der Waals surface area contributed by atoms with E-state index in [9.17, 15) is 9.59 Å². The molecule has 0 aliphatic heterocycles. The second-order valence-corrected chi connectivity index (χ2v) is 2.98. The van der Waals surface area contributed by atoms with Crippen molar-refractivity contribution in [3.05, 3.63) is 17.5 Å². The average Bonchev–Trinajstić information content (AvgIpc) is 2.59. The molecular formula is C9H13N3O3. The first-order chi connectivity index (χ1) is 7.10. The number of likely N-dealkylation sites (N-methyl/N-ethyl adjacent to an activating group) is 1. The third kappa shape index (κ3) is 2.41. The molecule has 0 saturated heterocycles. The molecule has 0 aromatic carbocycles. The van der Waals surface area contributed by atoms with Gasteiger partial charge in [0.1, 0.15) is 5.69 Å². The number of aromatic nitrogens is 2. The topological polar surface area (TPSA) is 73.2 Å². The smallest absolute Gasteiger partial charge is 0.358 e. The number of hydrogen-bond donors (Lipinski definition) is 1. The van der Waals surface area contributed by atoms with Crippen molar-refractivity contribution in [1.29, 1.82) is 0 Å². The van der Waals surface area contributed by atoms with E-state index in [-0.39, 0.29) is 18.0 Å². The lowest BCUT2D eigenvalue weighted by Gasteiger charge is -1.98. The third-order valence-electron chi connectivity index (χ3n) is 1.90. The van der Waals surface area contributed by atoms with Gasteiger partial charge in [-0.3, -0.25) is 9.48 Å². The van der Waals surface area contributed by atoms with Crippen LogP contribution in [0.4, 0.5) is 0 Å². The highest BCUT2D eigenvalue weighted by molar-refractivity contribution is 5.98. The highest BCUT2D eigenvalue weighted by atomic mass is 16.5. The number of methoxy groups -OCH3 is 1. The van der Waals surface area contributed by atoms with E-state index in [2.05, 4.69) is 15.2 Å². The second kappa shape index (κ2) is 4.70. The number of ether oxygens (including phenoxy) is 1. The Hall–Kier alpha value is -1.69. The number of rotatable bonds is 4. The Morgan fingerprint density at radius 3 is 2.80 bits per heavy atom. The zero-order valence-corrected chi connectivity index (χ0v) is 8.90. The molecule has 15 heavy (non-hydrogen) atoms. The summed E-state index contributed by atoms with van der Waals surface area (Å²) in [5.41, 5.74) is 0.518. The fourth-order valence-electron chi connectivity index (χ4n) is 1.18. The van der Waals surface area contributed by atoms with Gasteiger partial charge in [0.2, 0.25) is 0 Å². The maximum atomic E-state index is 11.5. The lowest BCUT2D eigenvalue weighted by molar-refractivity contribution is 0.0593. The fraction of sp³-hybridized carbons (Fsp3) is 0.444. The molecule has 1 aromatic rings. The molecule has 0 unspecified atom stereocenters. The van der Waals surface area contributed by atoms with E-state index in [1.54, 1.807) is 14.1 Å². The number of hydrogen-bond acceptors (Lipinski definition) is 5. The summed E-state index contributed by atoms with van der Waals surface area (Å²) in [5, 5.41) is 6.62. The van der Waals surface area contributed by atoms with Crippen LogP contribution in [0.5, 0.6) is 0 Å². The molecule has 82 valence electrons. The Bertz CT molecular complexity index is 384. The summed E-state index contributed by atoms with van der Waals surface area (Å²) in [7, 11) is 4.55. The predicted octanol–water partition coefficient (Wildman–Crippen LogP) is -0.391. The summed E-state index contributed by atoms with van der Waals surface area (Å²) in [6, 6.07) is 1.42. The molecule has 0 aliphatic rings. The summed E-state index contributed by atoms with van der Waals surface area (Å²) < 4.78 is 5.87. The maximum absolute atomic E-state index is 11.5. The number of nitrogens with one attached hydrogen (secondary N) is 1. The molecule has 1 aromatic heterocycles. The van der Waals surface area contributed by atoms with Crippen LogP contribution in [0.15, 0.2) is 6.07 Å². The van der Waals surface area contributed by atoms with Gasteiger partial charge in [0, 0.05) is 13.1 Å². The van der Waals surface area contributed by atoms with E-state index in [1.165, 1.54) is 17.9 Å². The van der Waals surface area contributed by atoms with E-state index in [0.29, 0.717) is 5.69 Å². The lowest BCUT2D eigenvalue weighted by Crippen LogP contribution is -2.20. The van der Waals surface area contributed by atoms with E-state index in [1.807, 2.05) is 0 Å². The molecule has 0 spiro atoms. The summed E-state index contributed by atoms with van der Waals surface area (Å²) >= 11 is 0. The quantitative estimate of drug-likeness (QED) is 0.542. The molecule has 6 nitrogen and oxygen atoms in total. The minimum Gasteiger partial charge on any atom is -0.464 e. The number of aryl methyl sites for hydroxylation is 1. The van der Waals surface area contributed by atoms with Crippen LogP contribution in [0.2, 0.25) is 0 Å². The number of carbonyl (C=O) groups excluding carboxylic acids is 2. The summed E-state index contributed by atoms with van der Waals surface area (Å²) in [6.45, 7) is 0.208. The highest BCUT2D eigenvalue weighted by Gasteiger charge is 2.16. The molecule has 0 bridgehead atoms. The lowest BCUT2D eigenvalue weighted by atomic mass is 10.2. The van der Waals surface area contributed by atoms with Gasteiger partial charge in [-0.05, 0) is 7.05 Å². The van der Waals surface area contributed by atoms with Gasteiger partial charge in [0.05, 0.1) is 13.7 Å². The number of carbonyl (C=O) groups is 2. The van der Waals surface area contributed by atoms with Crippen LogP contribution in [-0.2, 0) is 11.8 Å². The van der Waals surface area contributed by atoms with Crippen molar-refractivity contribution in [3.8, 4) is 0 Å². The summed E-state index contributed by atoms with van der Waals surface area (Å²) in [6.07, 6.45) is 0. The number of esters is 1. The van der Waals surface area contributed by atoms with Crippen molar-refractivity contribution in [1.82, 2.24) is 15.1 Å². The summed E-state index contributed by atoms with van der Waals surface area (Å²) in [4.78, 5) is 22.6. The molecule has 0 fully saturated rings.